The number of sulfonamides is 1. The van der Waals surface area contributed by atoms with E-state index in [4.69, 9.17) is 0 Å². The van der Waals surface area contributed by atoms with Gasteiger partial charge in [-0.1, -0.05) is 20.3 Å². The maximum absolute atomic E-state index is 12.6. The molecule has 3 rings (SSSR count). The van der Waals surface area contributed by atoms with E-state index in [1.54, 1.807) is 12.1 Å². The van der Waals surface area contributed by atoms with Crippen molar-refractivity contribution in [3.63, 3.8) is 0 Å². The van der Waals surface area contributed by atoms with Gasteiger partial charge in [0, 0.05) is 25.1 Å². The summed E-state index contributed by atoms with van der Waals surface area (Å²) in [5.41, 5.74) is 1.00. The van der Waals surface area contributed by atoms with E-state index in [2.05, 4.69) is 23.6 Å². The monoisotopic (exact) mass is 363 g/mol. The minimum Gasteiger partial charge on any atom is -0.352 e. The van der Waals surface area contributed by atoms with Crippen LogP contribution in [-0.2, 0) is 10.0 Å². The standard InChI is InChI=1S/C18H25N3O3S/c1-13(2)9-10-19-18(22)14-7-8-15-16(12-14)25(23,24)20-17-6-4-3-5-11-21(15)17/h7-8,12-13H,3-6,9-11H2,1-2H3,(H,19,22). The molecule has 0 spiro atoms. The largest absolute Gasteiger partial charge is 0.352 e. The molecule has 0 atom stereocenters. The topological polar surface area (TPSA) is 78.8 Å². The fraction of sp³-hybridized carbons (Fsp3) is 0.556. The molecule has 1 N–H and O–H groups in total. The van der Waals surface area contributed by atoms with Gasteiger partial charge in [0.25, 0.3) is 15.9 Å². The van der Waals surface area contributed by atoms with E-state index in [1.807, 2.05) is 4.90 Å². The van der Waals surface area contributed by atoms with E-state index in [0.29, 0.717) is 36.0 Å². The fourth-order valence-electron chi connectivity index (χ4n) is 3.20. The van der Waals surface area contributed by atoms with Crippen molar-refractivity contribution in [3.8, 4) is 0 Å². The van der Waals surface area contributed by atoms with Gasteiger partial charge < -0.3 is 10.2 Å². The Labute approximate surface area is 149 Å². The molecule has 6 nitrogen and oxygen atoms in total. The number of anilines is 1. The van der Waals surface area contributed by atoms with Crippen LogP contribution in [0.4, 0.5) is 5.69 Å². The predicted molar refractivity (Wildman–Crippen MR) is 98.7 cm³/mol. The van der Waals surface area contributed by atoms with Crippen LogP contribution in [-0.4, -0.2) is 33.3 Å². The molecule has 0 aromatic heterocycles. The molecular formula is C18H25N3O3S. The van der Waals surface area contributed by atoms with Crippen LogP contribution in [0.15, 0.2) is 27.5 Å². The van der Waals surface area contributed by atoms with E-state index in [1.165, 1.54) is 6.07 Å². The first-order valence-corrected chi connectivity index (χ1v) is 10.4. The summed E-state index contributed by atoms with van der Waals surface area (Å²) in [5, 5.41) is 2.85. The molecule has 7 heteroatoms. The van der Waals surface area contributed by atoms with E-state index >= 15 is 0 Å². The van der Waals surface area contributed by atoms with Gasteiger partial charge in [-0.05, 0) is 43.4 Å². The van der Waals surface area contributed by atoms with E-state index in [-0.39, 0.29) is 10.8 Å². The summed E-state index contributed by atoms with van der Waals surface area (Å²) in [4.78, 5) is 14.4. The van der Waals surface area contributed by atoms with Crippen LogP contribution in [0, 0.1) is 5.92 Å². The Bertz CT molecular complexity index is 800. The summed E-state index contributed by atoms with van der Waals surface area (Å²) in [7, 11) is -3.75. The molecule has 1 saturated heterocycles. The number of carbonyl (C=O) groups excluding carboxylic acids is 1. The molecular weight excluding hydrogens is 338 g/mol. The Kier molecular flexibility index (Phi) is 5.13. The SMILES string of the molecule is CC(C)CCNC(=O)c1ccc2c(c1)S(=O)(=O)N=C1CCCCCN12. The smallest absolute Gasteiger partial charge is 0.286 e. The molecule has 25 heavy (non-hydrogen) atoms. The number of rotatable bonds is 4. The molecule has 0 aliphatic carbocycles. The Morgan fingerprint density at radius 1 is 1.28 bits per heavy atom. The van der Waals surface area contributed by atoms with Crippen molar-refractivity contribution in [2.24, 2.45) is 10.3 Å². The zero-order valence-corrected chi connectivity index (χ0v) is 15.6. The molecule has 136 valence electrons. The lowest BCUT2D eigenvalue weighted by Gasteiger charge is -2.29. The van der Waals surface area contributed by atoms with Gasteiger partial charge in [-0.2, -0.15) is 8.42 Å². The number of benzene rings is 1. The summed E-state index contributed by atoms with van der Waals surface area (Å²) in [5.74, 6) is 0.878. The lowest BCUT2D eigenvalue weighted by molar-refractivity contribution is 0.0952. The van der Waals surface area contributed by atoms with Crippen LogP contribution >= 0.6 is 0 Å². The summed E-state index contributed by atoms with van der Waals surface area (Å²) in [6, 6.07) is 4.90. The second-order valence-corrected chi connectivity index (χ2v) is 8.64. The summed E-state index contributed by atoms with van der Waals surface area (Å²) < 4.78 is 29.2. The van der Waals surface area contributed by atoms with E-state index in [9.17, 15) is 13.2 Å². The number of hydrogen-bond donors (Lipinski definition) is 1. The van der Waals surface area contributed by atoms with Gasteiger partial charge in [-0.25, -0.2) is 0 Å². The molecule has 1 amide bonds. The van der Waals surface area contributed by atoms with Gasteiger partial charge in [0.2, 0.25) is 0 Å². The highest BCUT2D eigenvalue weighted by atomic mass is 32.2. The minimum atomic E-state index is -3.75. The van der Waals surface area contributed by atoms with Gasteiger partial charge in [-0.15, -0.1) is 4.40 Å². The number of amidine groups is 1. The molecule has 2 aliphatic heterocycles. The highest BCUT2D eigenvalue weighted by Gasteiger charge is 2.32. The van der Waals surface area contributed by atoms with Crippen molar-refractivity contribution in [1.82, 2.24) is 5.32 Å². The average molecular weight is 363 g/mol. The molecule has 2 aliphatic rings. The number of amides is 1. The molecule has 1 fully saturated rings. The summed E-state index contributed by atoms with van der Waals surface area (Å²) >= 11 is 0. The Balaban J connectivity index is 1.89. The second kappa shape index (κ2) is 7.15. The highest BCUT2D eigenvalue weighted by molar-refractivity contribution is 7.90. The van der Waals surface area contributed by atoms with E-state index in [0.717, 1.165) is 32.2 Å². The number of nitrogens with zero attached hydrogens (tertiary/aromatic N) is 2. The molecule has 2 heterocycles. The Morgan fingerprint density at radius 3 is 2.84 bits per heavy atom. The first kappa shape index (κ1) is 17.9. The van der Waals surface area contributed by atoms with Crippen molar-refractivity contribution in [3.05, 3.63) is 23.8 Å². The second-order valence-electron chi connectivity index (χ2n) is 7.07. The van der Waals surface area contributed by atoms with Crippen LogP contribution in [0.1, 0.15) is 56.3 Å². The summed E-state index contributed by atoms with van der Waals surface area (Å²) in [6.07, 6.45) is 4.60. The number of hydrogen-bond acceptors (Lipinski definition) is 4. The average Bonchev–Trinajstić information content (AvgIpc) is 2.79. The predicted octanol–water partition coefficient (Wildman–Crippen LogP) is 2.94. The third-order valence-electron chi connectivity index (χ3n) is 4.62. The van der Waals surface area contributed by atoms with Crippen LogP contribution in [0.2, 0.25) is 0 Å². The van der Waals surface area contributed by atoms with Crippen molar-refractivity contribution in [2.45, 2.75) is 50.8 Å². The third-order valence-corrected chi connectivity index (χ3v) is 5.95. The number of nitrogens with one attached hydrogen (secondary N) is 1. The molecule has 1 aromatic rings. The van der Waals surface area contributed by atoms with Crippen LogP contribution in [0.5, 0.6) is 0 Å². The fourth-order valence-corrected chi connectivity index (χ4v) is 4.48. The lowest BCUT2D eigenvalue weighted by atomic mass is 10.1. The number of carbonyl (C=O) groups is 1. The zero-order chi connectivity index (χ0) is 18.0. The minimum absolute atomic E-state index is 0.134. The molecule has 0 radical (unpaired) electrons. The first-order valence-electron chi connectivity index (χ1n) is 8.92. The first-order chi connectivity index (χ1) is 11.9. The van der Waals surface area contributed by atoms with Gasteiger partial charge in [0.05, 0.1) is 5.69 Å². The van der Waals surface area contributed by atoms with Crippen molar-refractivity contribution >= 4 is 27.5 Å². The molecule has 0 bridgehead atoms. The van der Waals surface area contributed by atoms with Crippen LogP contribution in [0.3, 0.4) is 0 Å². The Hall–Kier alpha value is -1.89. The van der Waals surface area contributed by atoms with Crippen LogP contribution in [0.25, 0.3) is 0 Å². The molecule has 1 aromatic carbocycles. The lowest BCUT2D eigenvalue weighted by Crippen LogP contribution is -2.35. The Morgan fingerprint density at radius 2 is 2.08 bits per heavy atom. The van der Waals surface area contributed by atoms with Crippen LogP contribution < -0.4 is 10.2 Å². The number of fused-ring (bicyclic) bond motifs is 3. The van der Waals surface area contributed by atoms with Gasteiger partial charge in [-0.3, -0.25) is 4.79 Å². The normalized spacial score (nSPS) is 18.8. The van der Waals surface area contributed by atoms with Crippen molar-refractivity contribution in [1.29, 1.82) is 0 Å². The van der Waals surface area contributed by atoms with Gasteiger partial charge in [0.1, 0.15) is 10.7 Å². The van der Waals surface area contributed by atoms with Gasteiger partial charge >= 0.3 is 0 Å². The van der Waals surface area contributed by atoms with Crippen molar-refractivity contribution in [2.75, 3.05) is 18.0 Å². The highest BCUT2D eigenvalue weighted by Crippen LogP contribution is 2.34. The summed E-state index contributed by atoms with van der Waals surface area (Å²) in [6.45, 7) is 5.53. The van der Waals surface area contributed by atoms with Gasteiger partial charge in [0.15, 0.2) is 0 Å². The molecule has 0 unspecified atom stereocenters. The third kappa shape index (κ3) is 3.86. The quantitative estimate of drug-likeness (QED) is 0.892. The van der Waals surface area contributed by atoms with E-state index < -0.39 is 10.0 Å². The maximum atomic E-state index is 12.6. The van der Waals surface area contributed by atoms with Crippen molar-refractivity contribution < 1.29 is 13.2 Å². The zero-order valence-electron chi connectivity index (χ0n) is 14.8. The molecule has 0 saturated carbocycles. The maximum Gasteiger partial charge on any atom is 0.286 e.